The monoisotopic (exact) mass is 598 g/mol. The molecule has 0 radical (unpaired) electrons. The molecule has 1 fully saturated rings. The molecule has 6 heteroatoms. The van der Waals surface area contributed by atoms with E-state index < -0.39 is 6.04 Å². The van der Waals surface area contributed by atoms with Gasteiger partial charge in [0, 0.05) is 28.9 Å². The molecular formula is C34H35BrN2O3. The van der Waals surface area contributed by atoms with E-state index in [1.54, 1.807) is 4.90 Å². The fourth-order valence-corrected chi connectivity index (χ4v) is 5.92. The summed E-state index contributed by atoms with van der Waals surface area (Å²) in [5.74, 6) is 0.317. The number of fused-ring (bicyclic) bond motifs is 1. The number of amides is 2. The van der Waals surface area contributed by atoms with Crippen LogP contribution < -0.4 is 10.1 Å². The molecule has 0 heterocycles. The molecule has 0 saturated heterocycles. The van der Waals surface area contributed by atoms with Crippen molar-refractivity contribution < 1.29 is 14.3 Å². The summed E-state index contributed by atoms with van der Waals surface area (Å²) in [4.78, 5) is 29.6. The Morgan fingerprint density at radius 1 is 0.850 bits per heavy atom. The van der Waals surface area contributed by atoms with Crippen LogP contribution in [0.5, 0.6) is 5.75 Å². The van der Waals surface area contributed by atoms with Crippen molar-refractivity contribution in [2.75, 3.05) is 6.61 Å². The van der Waals surface area contributed by atoms with Gasteiger partial charge in [0.05, 0.1) is 0 Å². The summed E-state index contributed by atoms with van der Waals surface area (Å²) in [7, 11) is 0. The van der Waals surface area contributed by atoms with E-state index in [1.807, 2.05) is 97.1 Å². The average molecular weight is 600 g/mol. The summed E-state index contributed by atoms with van der Waals surface area (Å²) >= 11 is 3.55. The lowest BCUT2D eigenvalue weighted by molar-refractivity contribution is -0.143. The zero-order valence-corrected chi connectivity index (χ0v) is 24.2. The third kappa shape index (κ3) is 7.30. The largest absolute Gasteiger partial charge is 0.483 e. The van der Waals surface area contributed by atoms with Crippen LogP contribution in [-0.4, -0.2) is 35.4 Å². The molecule has 206 valence electrons. The molecule has 0 aliphatic heterocycles. The van der Waals surface area contributed by atoms with Crippen molar-refractivity contribution in [2.24, 2.45) is 0 Å². The van der Waals surface area contributed by atoms with Crippen molar-refractivity contribution in [3.8, 4) is 5.75 Å². The number of rotatable bonds is 10. The normalized spacial score (nSPS) is 14.4. The van der Waals surface area contributed by atoms with Crippen molar-refractivity contribution in [1.82, 2.24) is 10.2 Å². The van der Waals surface area contributed by atoms with E-state index in [0.29, 0.717) is 18.7 Å². The van der Waals surface area contributed by atoms with Gasteiger partial charge in [-0.3, -0.25) is 9.59 Å². The van der Waals surface area contributed by atoms with Gasteiger partial charge in [0.2, 0.25) is 5.91 Å². The fraction of sp³-hybridized carbons (Fsp3) is 0.294. The van der Waals surface area contributed by atoms with E-state index in [0.717, 1.165) is 52.1 Å². The summed E-state index contributed by atoms with van der Waals surface area (Å²) in [6.45, 7) is 0.136. The summed E-state index contributed by atoms with van der Waals surface area (Å²) in [5.41, 5.74) is 1.95. The number of carbonyl (C=O) groups excluding carboxylic acids is 2. The fourth-order valence-electron chi connectivity index (χ4n) is 5.47. The van der Waals surface area contributed by atoms with Crippen molar-refractivity contribution in [2.45, 2.75) is 57.2 Å². The number of ether oxygens (including phenoxy) is 1. The van der Waals surface area contributed by atoms with Crippen LogP contribution >= 0.6 is 15.9 Å². The minimum atomic E-state index is -0.674. The minimum absolute atomic E-state index is 0.107. The maximum absolute atomic E-state index is 14.0. The van der Waals surface area contributed by atoms with Gasteiger partial charge in [-0.2, -0.15) is 0 Å². The standard InChI is InChI=1S/C34H35BrN2O3/c35-28-16-9-13-26(21-28)23-37(33(38)24-40-32-20-10-15-27-14-7-8-19-30(27)32)31(22-25-11-3-1-4-12-25)34(39)36-29-17-5-2-6-18-29/h1,3-4,7-16,19-21,29,31H,2,5-6,17-18,22-24H2,(H,36,39)/t31-/m0/s1. The molecule has 1 N–H and O–H groups in total. The Morgan fingerprint density at radius 2 is 1.55 bits per heavy atom. The Kier molecular flexibility index (Phi) is 9.50. The maximum Gasteiger partial charge on any atom is 0.261 e. The van der Waals surface area contributed by atoms with E-state index in [9.17, 15) is 9.59 Å². The quantitative estimate of drug-likeness (QED) is 0.212. The molecule has 4 aromatic carbocycles. The van der Waals surface area contributed by atoms with Crippen LogP contribution in [0.4, 0.5) is 0 Å². The van der Waals surface area contributed by atoms with Crippen molar-refractivity contribution >= 4 is 38.5 Å². The first-order valence-corrected chi connectivity index (χ1v) is 14.8. The lowest BCUT2D eigenvalue weighted by Gasteiger charge is -2.33. The van der Waals surface area contributed by atoms with Crippen molar-refractivity contribution in [3.05, 3.63) is 113 Å². The van der Waals surface area contributed by atoms with Gasteiger partial charge in [-0.25, -0.2) is 0 Å². The van der Waals surface area contributed by atoms with Gasteiger partial charge >= 0.3 is 0 Å². The van der Waals surface area contributed by atoms with E-state index in [1.165, 1.54) is 6.42 Å². The van der Waals surface area contributed by atoms with Gasteiger partial charge in [0.1, 0.15) is 11.8 Å². The molecule has 1 aliphatic rings. The Hall–Kier alpha value is -3.64. The molecule has 40 heavy (non-hydrogen) atoms. The molecule has 2 amide bonds. The summed E-state index contributed by atoms with van der Waals surface area (Å²) < 4.78 is 7.05. The molecule has 1 aliphatic carbocycles. The molecule has 5 nitrogen and oxygen atoms in total. The number of hydrogen-bond donors (Lipinski definition) is 1. The number of hydrogen-bond acceptors (Lipinski definition) is 3. The first kappa shape index (κ1) is 27.9. The van der Waals surface area contributed by atoms with E-state index in [4.69, 9.17) is 4.74 Å². The molecule has 1 atom stereocenters. The summed E-state index contributed by atoms with van der Waals surface area (Å²) in [6.07, 6.45) is 5.83. The molecular weight excluding hydrogens is 564 g/mol. The predicted molar refractivity (Wildman–Crippen MR) is 163 cm³/mol. The second kappa shape index (κ2) is 13.6. The average Bonchev–Trinajstić information content (AvgIpc) is 2.98. The molecule has 4 aromatic rings. The highest BCUT2D eigenvalue weighted by atomic mass is 79.9. The summed E-state index contributed by atoms with van der Waals surface area (Å²) in [5, 5.41) is 5.29. The van der Waals surface area contributed by atoms with Gasteiger partial charge in [-0.15, -0.1) is 0 Å². The molecule has 0 aromatic heterocycles. The molecule has 5 rings (SSSR count). The number of halogens is 1. The van der Waals surface area contributed by atoms with Crippen LogP contribution in [-0.2, 0) is 22.6 Å². The Bertz CT molecular complexity index is 1430. The number of carbonyl (C=O) groups is 2. The molecule has 1 saturated carbocycles. The van der Waals surface area contributed by atoms with Gasteiger partial charge in [-0.05, 0) is 47.6 Å². The van der Waals surface area contributed by atoms with Crippen LogP contribution in [0.1, 0.15) is 43.2 Å². The maximum atomic E-state index is 14.0. The Labute approximate surface area is 244 Å². The van der Waals surface area contributed by atoms with Crippen LogP contribution in [0.3, 0.4) is 0 Å². The third-order valence-corrected chi connectivity index (χ3v) is 8.06. The van der Waals surface area contributed by atoms with Gasteiger partial charge in [-0.1, -0.05) is 114 Å². The number of nitrogens with zero attached hydrogens (tertiary/aromatic N) is 1. The second-order valence-corrected chi connectivity index (χ2v) is 11.4. The van der Waals surface area contributed by atoms with Gasteiger partial charge in [0.25, 0.3) is 5.91 Å². The highest BCUT2D eigenvalue weighted by molar-refractivity contribution is 9.10. The zero-order valence-electron chi connectivity index (χ0n) is 22.6. The minimum Gasteiger partial charge on any atom is -0.483 e. The highest BCUT2D eigenvalue weighted by Crippen LogP contribution is 2.26. The number of benzene rings is 4. The topological polar surface area (TPSA) is 58.6 Å². The first-order chi connectivity index (χ1) is 19.6. The van der Waals surface area contributed by atoms with Crippen molar-refractivity contribution in [3.63, 3.8) is 0 Å². The summed E-state index contributed by atoms with van der Waals surface area (Å²) in [6, 6.07) is 31.0. The molecule has 0 bridgehead atoms. The predicted octanol–water partition coefficient (Wildman–Crippen LogP) is 7.07. The van der Waals surface area contributed by atoms with Crippen LogP contribution in [0.25, 0.3) is 10.8 Å². The van der Waals surface area contributed by atoms with E-state index in [2.05, 4.69) is 21.2 Å². The van der Waals surface area contributed by atoms with E-state index in [-0.39, 0.29) is 24.5 Å². The van der Waals surface area contributed by atoms with Crippen LogP contribution in [0.2, 0.25) is 0 Å². The Morgan fingerprint density at radius 3 is 2.35 bits per heavy atom. The Balaban J connectivity index is 1.43. The van der Waals surface area contributed by atoms with Gasteiger partial charge < -0.3 is 15.0 Å². The van der Waals surface area contributed by atoms with Crippen LogP contribution in [0.15, 0.2) is 102 Å². The third-order valence-electron chi connectivity index (χ3n) is 7.57. The molecule has 0 spiro atoms. The van der Waals surface area contributed by atoms with Crippen molar-refractivity contribution in [1.29, 1.82) is 0 Å². The van der Waals surface area contributed by atoms with Gasteiger partial charge in [0.15, 0.2) is 6.61 Å². The lowest BCUT2D eigenvalue weighted by atomic mass is 9.94. The molecule has 0 unspecified atom stereocenters. The second-order valence-electron chi connectivity index (χ2n) is 10.5. The van der Waals surface area contributed by atoms with E-state index >= 15 is 0 Å². The SMILES string of the molecule is O=C(NC1CCCCC1)[C@H](Cc1ccccc1)N(Cc1cccc(Br)c1)C(=O)COc1cccc2ccccc12. The smallest absolute Gasteiger partial charge is 0.261 e. The first-order valence-electron chi connectivity index (χ1n) is 14.1. The lowest BCUT2D eigenvalue weighted by Crippen LogP contribution is -2.53. The van der Waals surface area contributed by atoms with Crippen LogP contribution in [0, 0.1) is 0 Å². The highest BCUT2D eigenvalue weighted by Gasteiger charge is 2.32. The number of nitrogens with one attached hydrogen (secondary N) is 1. The zero-order chi connectivity index (χ0) is 27.7.